The van der Waals surface area contributed by atoms with Gasteiger partial charge >= 0.3 is 0 Å². The first-order valence-corrected chi connectivity index (χ1v) is 12.0. The number of benzene rings is 1. The van der Waals surface area contributed by atoms with E-state index in [1.807, 2.05) is 35.8 Å². The largest absolute Gasteiger partial charge is 0.469 e. The average molecular weight is 467 g/mol. The molecule has 1 aromatic carbocycles. The molecular weight excluding hydrogens is 440 g/mol. The van der Waals surface area contributed by atoms with Crippen LogP contribution in [0.2, 0.25) is 0 Å². The number of pyridine rings is 1. The lowest BCUT2D eigenvalue weighted by Gasteiger charge is -2.15. The molecule has 4 aromatic rings. The molecule has 33 heavy (non-hydrogen) atoms. The third-order valence-electron chi connectivity index (χ3n) is 5.44. The standard InChI is InChI=1S/C24H26N4O4S/c1-17(13-20-5-4-12-32-20)26-24(29)23-15-19-14-21(33(30,31)27(2)3)6-7-22(19)28(23)16-18-8-10-25-11-9-18/h4-12,14-15,17H,13,16H2,1-3H3,(H,26,29). The maximum absolute atomic E-state index is 13.3. The van der Waals surface area contributed by atoms with Crippen LogP contribution in [0, 0.1) is 0 Å². The summed E-state index contributed by atoms with van der Waals surface area (Å²) < 4.78 is 33.7. The zero-order chi connectivity index (χ0) is 23.6. The van der Waals surface area contributed by atoms with Crippen molar-refractivity contribution in [3.8, 4) is 0 Å². The minimum Gasteiger partial charge on any atom is -0.469 e. The Kier molecular flexibility index (Phi) is 6.35. The number of hydrogen-bond acceptors (Lipinski definition) is 5. The number of nitrogens with one attached hydrogen (secondary N) is 1. The monoisotopic (exact) mass is 466 g/mol. The Labute approximate surface area is 192 Å². The van der Waals surface area contributed by atoms with Crippen molar-refractivity contribution in [3.05, 3.63) is 84.2 Å². The first kappa shape index (κ1) is 22.8. The van der Waals surface area contributed by atoms with Crippen molar-refractivity contribution in [3.63, 3.8) is 0 Å². The molecule has 4 rings (SSSR count). The second-order valence-corrected chi connectivity index (χ2v) is 10.3. The second kappa shape index (κ2) is 9.21. The molecule has 9 heteroatoms. The van der Waals surface area contributed by atoms with E-state index in [9.17, 15) is 13.2 Å². The molecule has 1 atom stereocenters. The van der Waals surface area contributed by atoms with Crippen LogP contribution in [0.3, 0.4) is 0 Å². The van der Waals surface area contributed by atoms with Crippen LogP contribution in [0.15, 0.2) is 76.5 Å². The number of rotatable bonds is 8. The number of amides is 1. The minimum absolute atomic E-state index is 0.152. The Morgan fingerprint density at radius 1 is 1.15 bits per heavy atom. The Morgan fingerprint density at radius 2 is 1.91 bits per heavy atom. The quantitative estimate of drug-likeness (QED) is 0.430. The summed E-state index contributed by atoms with van der Waals surface area (Å²) in [5.41, 5.74) is 2.20. The van der Waals surface area contributed by atoms with Crippen molar-refractivity contribution in [1.82, 2.24) is 19.2 Å². The maximum atomic E-state index is 13.3. The fourth-order valence-electron chi connectivity index (χ4n) is 3.73. The zero-order valence-corrected chi connectivity index (χ0v) is 19.5. The normalized spacial score (nSPS) is 12.8. The third kappa shape index (κ3) is 4.84. The minimum atomic E-state index is -3.59. The highest BCUT2D eigenvalue weighted by molar-refractivity contribution is 7.89. The lowest BCUT2D eigenvalue weighted by atomic mass is 10.2. The molecule has 1 N–H and O–H groups in total. The van der Waals surface area contributed by atoms with E-state index in [0.717, 1.165) is 16.8 Å². The molecule has 0 aliphatic heterocycles. The number of sulfonamides is 1. The Hall–Kier alpha value is -3.43. The summed E-state index contributed by atoms with van der Waals surface area (Å²) in [5, 5.41) is 3.70. The predicted molar refractivity (Wildman–Crippen MR) is 125 cm³/mol. The van der Waals surface area contributed by atoms with Gasteiger partial charge in [0, 0.05) is 56.4 Å². The molecule has 3 heterocycles. The summed E-state index contributed by atoms with van der Waals surface area (Å²) in [4.78, 5) is 17.5. The van der Waals surface area contributed by atoms with Gasteiger partial charge in [-0.2, -0.15) is 0 Å². The lowest BCUT2D eigenvalue weighted by Crippen LogP contribution is -2.35. The molecule has 0 aliphatic carbocycles. The van der Waals surface area contributed by atoms with Crippen LogP contribution in [0.1, 0.15) is 28.7 Å². The van der Waals surface area contributed by atoms with E-state index in [1.165, 1.54) is 18.4 Å². The summed E-state index contributed by atoms with van der Waals surface area (Å²) in [5.74, 6) is 0.551. The summed E-state index contributed by atoms with van der Waals surface area (Å²) in [6, 6.07) is 14.0. The smallest absolute Gasteiger partial charge is 0.268 e. The molecule has 8 nitrogen and oxygen atoms in total. The third-order valence-corrected chi connectivity index (χ3v) is 7.25. The number of fused-ring (bicyclic) bond motifs is 1. The number of furan rings is 1. The Morgan fingerprint density at radius 3 is 2.58 bits per heavy atom. The number of nitrogens with zero attached hydrogens (tertiary/aromatic N) is 3. The van der Waals surface area contributed by atoms with Gasteiger partial charge in [0.2, 0.25) is 10.0 Å². The topological polar surface area (TPSA) is 97.4 Å². The van der Waals surface area contributed by atoms with Crippen molar-refractivity contribution < 1.29 is 17.6 Å². The van der Waals surface area contributed by atoms with Gasteiger partial charge in [0.05, 0.1) is 11.2 Å². The molecule has 0 aliphatic rings. The van der Waals surface area contributed by atoms with Crippen LogP contribution in [0.4, 0.5) is 0 Å². The van der Waals surface area contributed by atoms with E-state index in [2.05, 4.69) is 10.3 Å². The molecule has 0 radical (unpaired) electrons. The van der Waals surface area contributed by atoms with Gasteiger partial charge < -0.3 is 14.3 Å². The highest BCUT2D eigenvalue weighted by Crippen LogP contribution is 2.26. The molecule has 0 spiro atoms. The highest BCUT2D eigenvalue weighted by atomic mass is 32.2. The molecular formula is C24H26N4O4S. The van der Waals surface area contributed by atoms with Crippen molar-refractivity contribution in [2.75, 3.05) is 14.1 Å². The summed E-state index contributed by atoms with van der Waals surface area (Å²) in [6.07, 6.45) is 5.58. The lowest BCUT2D eigenvalue weighted by molar-refractivity contribution is 0.0930. The second-order valence-electron chi connectivity index (χ2n) is 8.14. The first-order chi connectivity index (χ1) is 15.8. The molecule has 0 saturated heterocycles. The van der Waals surface area contributed by atoms with E-state index in [0.29, 0.717) is 24.0 Å². The van der Waals surface area contributed by atoms with Gasteiger partial charge in [-0.3, -0.25) is 9.78 Å². The van der Waals surface area contributed by atoms with Gasteiger partial charge in [0.25, 0.3) is 5.91 Å². The highest BCUT2D eigenvalue weighted by Gasteiger charge is 2.22. The fraction of sp³-hybridized carbons (Fsp3) is 0.250. The Bertz CT molecular complexity index is 1360. The van der Waals surface area contributed by atoms with Crippen LogP contribution in [0.5, 0.6) is 0 Å². The summed E-state index contributed by atoms with van der Waals surface area (Å²) in [6.45, 7) is 2.36. The fourth-order valence-corrected chi connectivity index (χ4v) is 4.67. The van der Waals surface area contributed by atoms with Gasteiger partial charge in [0.15, 0.2) is 0 Å². The zero-order valence-electron chi connectivity index (χ0n) is 18.7. The number of carbonyl (C=O) groups is 1. The molecule has 0 bridgehead atoms. The van der Waals surface area contributed by atoms with Crippen molar-refractivity contribution in [1.29, 1.82) is 0 Å². The van der Waals surface area contributed by atoms with Crippen LogP contribution in [-0.2, 0) is 23.0 Å². The molecule has 1 amide bonds. The van der Waals surface area contributed by atoms with E-state index in [4.69, 9.17) is 4.42 Å². The molecule has 0 fully saturated rings. The van der Waals surface area contributed by atoms with Gasteiger partial charge in [-0.15, -0.1) is 0 Å². The van der Waals surface area contributed by atoms with E-state index < -0.39 is 10.0 Å². The Balaban J connectivity index is 1.72. The molecule has 3 aromatic heterocycles. The summed E-state index contributed by atoms with van der Waals surface area (Å²) >= 11 is 0. The first-order valence-electron chi connectivity index (χ1n) is 10.5. The summed E-state index contributed by atoms with van der Waals surface area (Å²) in [7, 11) is -0.607. The van der Waals surface area contributed by atoms with Crippen molar-refractivity contribution in [2.45, 2.75) is 30.8 Å². The average Bonchev–Trinajstić information content (AvgIpc) is 3.42. The molecule has 1 unspecified atom stereocenters. The predicted octanol–water partition coefficient (Wildman–Crippen LogP) is 3.29. The van der Waals surface area contributed by atoms with Gasteiger partial charge in [0.1, 0.15) is 11.5 Å². The SMILES string of the molecule is CC(Cc1ccco1)NC(=O)c1cc2cc(S(=O)(=O)N(C)C)ccc2n1Cc1ccncc1. The van der Waals surface area contributed by atoms with Crippen molar-refractivity contribution >= 4 is 26.8 Å². The number of hydrogen-bond donors (Lipinski definition) is 1. The van der Waals surface area contributed by atoms with Crippen LogP contribution >= 0.6 is 0 Å². The van der Waals surface area contributed by atoms with Gasteiger partial charge in [-0.25, -0.2) is 12.7 Å². The molecule has 172 valence electrons. The van der Waals surface area contributed by atoms with Gasteiger partial charge in [-0.05, 0) is 61.0 Å². The molecule has 0 saturated carbocycles. The van der Waals surface area contributed by atoms with E-state index in [1.54, 1.807) is 42.9 Å². The number of carbonyl (C=O) groups excluding carboxylic acids is 1. The van der Waals surface area contributed by atoms with E-state index in [-0.39, 0.29) is 16.8 Å². The van der Waals surface area contributed by atoms with Crippen LogP contribution in [-0.4, -0.2) is 48.3 Å². The maximum Gasteiger partial charge on any atom is 0.268 e. The van der Waals surface area contributed by atoms with Crippen molar-refractivity contribution in [2.24, 2.45) is 0 Å². The number of aromatic nitrogens is 2. The van der Waals surface area contributed by atoms with Gasteiger partial charge in [-0.1, -0.05) is 0 Å². The van der Waals surface area contributed by atoms with E-state index >= 15 is 0 Å². The van der Waals surface area contributed by atoms with Crippen LogP contribution in [0.25, 0.3) is 10.9 Å². The van der Waals surface area contributed by atoms with Crippen LogP contribution < -0.4 is 5.32 Å².